The zero-order chi connectivity index (χ0) is 25.3. The third kappa shape index (κ3) is 3.36. The molecule has 1 heterocycles. The lowest BCUT2D eigenvalue weighted by molar-refractivity contribution is -0.172. The maximum Gasteiger partial charge on any atom is 0.410 e. The van der Waals surface area contributed by atoms with E-state index in [0.29, 0.717) is 6.42 Å². The molecule has 1 N–H and O–H groups in total. The largest absolute Gasteiger partial charge is 0.448 e. The van der Waals surface area contributed by atoms with Crippen LogP contribution in [0.3, 0.4) is 0 Å². The van der Waals surface area contributed by atoms with Gasteiger partial charge in [0.05, 0.1) is 10.8 Å². The predicted molar refractivity (Wildman–Crippen MR) is 124 cm³/mol. The van der Waals surface area contributed by atoms with E-state index in [2.05, 4.69) is 17.2 Å². The van der Waals surface area contributed by atoms with E-state index in [4.69, 9.17) is 27.9 Å². The van der Waals surface area contributed by atoms with E-state index < -0.39 is 45.3 Å². The average molecular weight is 516 g/mol. The summed E-state index contributed by atoms with van der Waals surface area (Å²) in [6, 6.07) is 3.84. The molecular formula is C25H26Cl2F3NO3. The third-order valence-electron chi connectivity index (χ3n) is 8.20. The Morgan fingerprint density at radius 1 is 1.24 bits per heavy atom. The van der Waals surface area contributed by atoms with Crippen LogP contribution in [0.1, 0.15) is 58.9 Å². The highest BCUT2D eigenvalue weighted by molar-refractivity contribution is 6.30. The van der Waals surface area contributed by atoms with Gasteiger partial charge in [0.15, 0.2) is 11.0 Å². The van der Waals surface area contributed by atoms with Crippen molar-refractivity contribution in [1.82, 2.24) is 0 Å². The molecule has 4 rings (SSSR count). The molecule has 2 aliphatic carbocycles. The van der Waals surface area contributed by atoms with Gasteiger partial charge in [0.25, 0.3) is 5.91 Å². The fourth-order valence-corrected chi connectivity index (χ4v) is 5.66. The predicted octanol–water partition coefficient (Wildman–Crippen LogP) is 6.24. The van der Waals surface area contributed by atoms with Crippen molar-refractivity contribution in [2.24, 2.45) is 16.7 Å². The second-order valence-electron chi connectivity index (χ2n) is 10.3. The summed E-state index contributed by atoms with van der Waals surface area (Å²) in [5.41, 5.74) is -6.44. The van der Waals surface area contributed by atoms with Crippen molar-refractivity contribution >= 4 is 40.8 Å². The van der Waals surface area contributed by atoms with Crippen molar-refractivity contribution in [3.8, 4) is 11.8 Å². The molecule has 1 aliphatic heterocycles. The Hall–Kier alpha value is -1.91. The minimum absolute atomic E-state index is 0.0476. The average Bonchev–Trinajstić information content (AvgIpc) is 3.50. The number of amides is 1. The molecule has 0 aromatic heterocycles. The topological polar surface area (TPSA) is 55.4 Å². The molecular weight excluding hydrogens is 490 g/mol. The Balaban J connectivity index is 1.82. The molecule has 0 spiro atoms. The Morgan fingerprint density at radius 2 is 1.88 bits per heavy atom. The molecule has 2 saturated carbocycles. The van der Waals surface area contributed by atoms with Gasteiger partial charge in [-0.1, -0.05) is 37.3 Å². The Kier molecular flexibility index (Phi) is 5.78. The SMILES string of the molecule is CC(Cl)[C@@](C#CC1CC1)(c1cc(Cl)ccc1NC(=O)[C@@]12CC[C@@](C)(C(=O)O1)C2(C)C)C(F)(F)F. The second-order valence-corrected chi connectivity index (χ2v) is 11.4. The minimum Gasteiger partial charge on any atom is -0.448 e. The Labute approximate surface area is 206 Å². The van der Waals surface area contributed by atoms with Crippen LogP contribution < -0.4 is 5.32 Å². The summed E-state index contributed by atoms with van der Waals surface area (Å²) < 4.78 is 49.7. The normalized spacial score (nSPS) is 30.1. The van der Waals surface area contributed by atoms with Crippen molar-refractivity contribution in [2.75, 3.05) is 5.32 Å². The molecule has 1 aromatic carbocycles. The smallest absolute Gasteiger partial charge is 0.410 e. The van der Waals surface area contributed by atoms with Gasteiger partial charge in [0, 0.05) is 27.6 Å². The summed E-state index contributed by atoms with van der Waals surface area (Å²) >= 11 is 12.3. The molecule has 3 aliphatic rings. The van der Waals surface area contributed by atoms with Gasteiger partial charge >= 0.3 is 12.1 Å². The molecule has 1 aromatic rings. The van der Waals surface area contributed by atoms with Crippen LogP contribution in [0, 0.1) is 28.6 Å². The number of benzene rings is 1. The van der Waals surface area contributed by atoms with Crippen molar-refractivity contribution in [2.45, 2.75) is 75.9 Å². The van der Waals surface area contributed by atoms with Crippen LogP contribution in [0.4, 0.5) is 18.9 Å². The number of esters is 1. The van der Waals surface area contributed by atoms with Gasteiger partial charge in [-0.15, -0.1) is 11.6 Å². The summed E-state index contributed by atoms with van der Waals surface area (Å²) in [6.07, 6.45) is -2.67. The van der Waals surface area contributed by atoms with Gasteiger partial charge in [0.2, 0.25) is 0 Å². The molecule has 4 nitrogen and oxygen atoms in total. The number of carbonyl (C=O) groups is 2. The van der Waals surface area contributed by atoms with Crippen molar-refractivity contribution < 1.29 is 27.5 Å². The molecule has 1 amide bonds. The molecule has 184 valence electrons. The van der Waals surface area contributed by atoms with E-state index in [1.165, 1.54) is 19.1 Å². The summed E-state index contributed by atoms with van der Waals surface area (Å²) in [5.74, 6) is 3.86. The lowest BCUT2D eigenvalue weighted by Crippen LogP contribution is -2.52. The van der Waals surface area contributed by atoms with Crippen LogP contribution in [-0.4, -0.2) is 29.0 Å². The summed E-state index contributed by atoms with van der Waals surface area (Å²) in [4.78, 5) is 26.2. The van der Waals surface area contributed by atoms with E-state index >= 15 is 0 Å². The first kappa shape index (κ1) is 25.2. The van der Waals surface area contributed by atoms with Gasteiger partial charge in [0.1, 0.15) is 0 Å². The van der Waals surface area contributed by atoms with E-state index in [1.807, 2.05) is 0 Å². The number of carbonyl (C=O) groups excluding carboxylic acids is 2. The van der Waals surface area contributed by atoms with Gasteiger partial charge in [-0.3, -0.25) is 9.59 Å². The van der Waals surface area contributed by atoms with Crippen molar-refractivity contribution in [3.63, 3.8) is 0 Å². The van der Waals surface area contributed by atoms with Gasteiger partial charge in [-0.25, -0.2) is 0 Å². The Morgan fingerprint density at radius 3 is 2.35 bits per heavy atom. The number of ether oxygens (including phenoxy) is 1. The zero-order valence-electron chi connectivity index (χ0n) is 19.3. The molecule has 9 heteroatoms. The molecule has 1 unspecified atom stereocenters. The van der Waals surface area contributed by atoms with Crippen LogP contribution in [0.25, 0.3) is 0 Å². The fraction of sp³-hybridized carbons (Fsp3) is 0.600. The lowest BCUT2D eigenvalue weighted by atomic mass is 9.66. The summed E-state index contributed by atoms with van der Waals surface area (Å²) in [7, 11) is 0. The van der Waals surface area contributed by atoms with Crippen LogP contribution in [0.2, 0.25) is 5.02 Å². The van der Waals surface area contributed by atoms with Crippen LogP contribution in [0.5, 0.6) is 0 Å². The maximum atomic E-state index is 14.7. The standard InChI is InChI=1S/C25H26Cl2F3NO3/c1-14(26)23(25(28,29)30,10-9-15-5-6-15)17-13-16(27)7-8-18(17)31-19(32)24-12-11-22(4,20(33)34-24)21(24,2)3/h7-8,13-15H,5-6,11-12H2,1-4H3,(H,31,32)/t14?,22-,23-,24+/m0/s1. The summed E-state index contributed by atoms with van der Waals surface area (Å²) in [5, 5.41) is 1.19. The molecule has 2 bridgehead atoms. The lowest BCUT2D eigenvalue weighted by Gasteiger charge is -2.37. The van der Waals surface area contributed by atoms with Gasteiger partial charge in [-0.2, -0.15) is 13.2 Å². The first-order chi connectivity index (χ1) is 15.6. The molecule has 34 heavy (non-hydrogen) atoms. The number of anilines is 1. The van der Waals surface area contributed by atoms with Gasteiger partial charge < -0.3 is 10.1 Å². The number of nitrogens with one attached hydrogen (secondary N) is 1. The highest BCUT2D eigenvalue weighted by Crippen LogP contribution is 2.65. The number of halogens is 5. The minimum atomic E-state index is -4.86. The maximum absolute atomic E-state index is 14.7. The van der Waals surface area contributed by atoms with E-state index in [-0.39, 0.29) is 28.6 Å². The summed E-state index contributed by atoms with van der Waals surface area (Å²) in [6.45, 7) is 6.53. The molecule has 3 fully saturated rings. The van der Waals surface area contributed by atoms with E-state index in [9.17, 15) is 22.8 Å². The zero-order valence-corrected chi connectivity index (χ0v) is 20.8. The molecule has 1 saturated heterocycles. The van der Waals surface area contributed by atoms with Gasteiger partial charge in [-0.05, 0) is 57.7 Å². The first-order valence-electron chi connectivity index (χ1n) is 11.2. The van der Waals surface area contributed by atoms with Crippen LogP contribution in [0.15, 0.2) is 18.2 Å². The molecule has 0 radical (unpaired) electrons. The fourth-order valence-electron chi connectivity index (χ4n) is 5.20. The quantitative estimate of drug-likeness (QED) is 0.293. The number of hydrogen-bond donors (Lipinski definition) is 1. The number of fused-ring (bicyclic) bond motifs is 2. The van der Waals surface area contributed by atoms with Crippen molar-refractivity contribution in [1.29, 1.82) is 0 Å². The number of hydrogen-bond acceptors (Lipinski definition) is 3. The van der Waals surface area contributed by atoms with E-state index in [1.54, 1.807) is 20.8 Å². The monoisotopic (exact) mass is 515 g/mol. The number of rotatable bonds is 4. The first-order valence-corrected chi connectivity index (χ1v) is 12.0. The Bertz CT molecular complexity index is 1120. The number of alkyl halides is 4. The van der Waals surface area contributed by atoms with Crippen molar-refractivity contribution in [3.05, 3.63) is 28.8 Å². The second kappa shape index (κ2) is 7.80. The molecule has 4 atom stereocenters. The van der Waals surface area contributed by atoms with Crippen LogP contribution in [-0.2, 0) is 19.7 Å². The third-order valence-corrected chi connectivity index (χ3v) is 8.76. The highest BCUT2D eigenvalue weighted by Gasteiger charge is 2.75. The highest BCUT2D eigenvalue weighted by atomic mass is 35.5. The van der Waals surface area contributed by atoms with Crippen LogP contribution >= 0.6 is 23.2 Å². The van der Waals surface area contributed by atoms with E-state index in [0.717, 1.165) is 18.9 Å².